The predicted octanol–water partition coefficient (Wildman–Crippen LogP) is 4.70. The van der Waals surface area contributed by atoms with Crippen molar-refractivity contribution in [1.82, 2.24) is 9.97 Å². The first-order valence-corrected chi connectivity index (χ1v) is 8.16. The van der Waals surface area contributed by atoms with Gasteiger partial charge in [0.25, 0.3) is 0 Å². The zero-order valence-corrected chi connectivity index (χ0v) is 15.0. The van der Waals surface area contributed by atoms with E-state index < -0.39 is 0 Å². The minimum atomic E-state index is 0.513. The van der Waals surface area contributed by atoms with Gasteiger partial charge in [-0.3, -0.25) is 0 Å². The van der Waals surface area contributed by atoms with Crippen molar-refractivity contribution in [3.63, 3.8) is 0 Å². The average Bonchev–Trinajstić information content (AvgIpc) is 3.09. The van der Waals surface area contributed by atoms with Crippen LogP contribution < -0.4 is 15.4 Å². The summed E-state index contributed by atoms with van der Waals surface area (Å²) in [7, 11) is 1.60. The number of rotatable bonds is 6. The van der Waals surface area contributed by atoms with Gasteiger partial charge in [-0.25, -0.2) is 4.98 Å². The Labute approximate surface area is 151 Å². The van der Waals surface area contributed by atoms with Crippen molar-refractivity contribution in [3.05, 3.63) is 58.6 Å². The van der Waals surface area contributed by atoms with E-state index in [1.165, 1.54) is 0 Å². The van der Waals surface area contributed by atoms with Crippen LogP contribution in [0.15, 0.2) is 41.0 Å². The van der Waals surface area contributed by atoms with Crippen LogP contribution in [0.25, 0.3) is 0 Å². The van der Waals surface area contributed by atoms with Gasteiger partial charge in [0.05, 0.1) is 25.6 Å². The Morgan fingerprint density at radius 3 is 2.76 bits per heavy atom. The molecule has 0 aliphatic rings. The lowest BCUT2D eigenvalue weighted by Gasteiger charge is -2.14. The molecule has 3 aromatic rings. The molecule has 0 fully saturated rings. The number of benzene rings is 1. The molecule has 0 amide bonds. The summed E-state index contributed by atoms with van der Waals surface area (Å²) in [6.45, 7) is 4.36. The second kappa shape index (κ2) is 7.44. The Hall–Kier alpha value is -2.73. The Morgan fingerprint density at radius 2 is 2.04 bits per heavy atom. The molecule has 0 unspecified atom stereocenters. The number of hydrogen-bond donors (Lipinski definition) is 2. The van der Waals surface area contributed by atoms with Gasteiger partial charge in [0.15, 0.2) is 0 Å². The number of anilines is 3. The summed E-state index contributed by atoms with van der Waals surface area (Å²) in [6.07, 6.45) is 1.64. The Balaban J connectivity index is 1.82. The van der Waals surface area contributed by atoms with Gasteiger partial charge < -0.3 is 19.8 Å². The molecular weight excluding hydrogens is 340 g/mol. The fraction of sp³-hybridized carbons (Fsp3) is 0.222. The number of aromatic nitrogens is 2. The molecule has 0 saturated carbocycles. The molecule has 130 valence electrons. The zero-order valence-electron chi connectivity index (χ0n) is 14.3. The van der Waals surface area contributed by atoms with Gasteiger partial charge in [-0.1, -0.05) is 11.6 Å². The van der Waals surface area contributed by atoms with Gasteiger partial charge in [0.1, 0.15) is 17.3 Å². The van der Waals surface area contributed by atoms with Crippen LogP contribution in [-0.4, -0.2) is 17.1 Å². The van der Waals surface area contributed by atoms with Crippen LogP contribution in [0, 0.1) is 13.8 Å². The molecule has 2 heterocycles. The van der Waals surface area contributed by atoms with E-state index in [0.717, 1.165) is 22.7 Å². The largest absolute Gasteiger partial charge is 0.495 e. The molecule has 2 aromatic heterocycles. The Kier molecular flexibility index (Phi) is 5.09. The van der Waals surface area contributed by atoms with Crippen LogP contribution >= 0.6 is 11.6 Å². The summed E-state index contributed by atoms with van der Waals surface area (Å²) in [5, 5.41) is 7.08. The van der Waals surface area contributed by atoms with Gasteiger partial charge in [-0.05, 0) is 37.6 Å². The number of halogens is 1. The van der Waals surface area contributed by atoms with Crippen LogP contribution in [0.5, 0.6) is 5.75 Å². The monoisotopic (exact) mass is 358 g/mol. The molecule has 0 spiro atoms. The summed E-state index contributed by atoms with van der Waals surface area (Å²) < 4.78 is 10.7. The van der Waals surface area contributed by atoms with E-state index in [4.69, 9.17) is 20.8 Å². The second-order valence-corrected chi connectivity index (χ2v) is 5.98. The first kappa shape index (κ1) is 17.1. The molecule has 0 atom stereocenters. The molecule has 0 aliphatic carbocycles. The van der Waals surface area contributed by atoms with Crippen molar-refractivity contribution in [2.24, 2.45) is 0 Å². The summed E-state index contributed by atoms with van der Waals surface area (Å²) in [5.41, 5.74) is 2.58. The maximum atomic E-state index is 6.16. The molecule has 0 radical (unpaired) electrons. The highest BCUT2D eigenvalue weighted by atomic mass is 35.5. The average molecular weight is 359 g/mol. The van der Waals surface area contributed by atoms with E-state index in [1.54, 1.807) is 19.4 Å². The number of nitrogens with zero attached hydrogens (tertiary/aromatic N) is 2. The summed E-state index contributed by atoms with van der Waals surface area (Å²) in [6, 6.07) is 9.30. The fourth-order valence-electron chi connectivity index (χ4n) is 2.36. The maximum Gasteiger partial charge on any atom is 0.225 e. The third-order valence-electron chi connectivity index (χ3n) is 3.60. The lowest BCUT2D eigenvalue weighted by molar-refractivity contribution is 0.416. The fourth-order valence-corrected chi connectivity index (χ4v) is 2.51. The summed E-state index contributed by atoms with van der Waals surface area (Å²) >= 11 is 6.16. The van der Waals surface area contributed by atoms with Crippen LogP contribution in [0.2, 0.25) is 5.02 Å². The van der Waals surface area contributed by atoms with Gasteiger partial charge in [0, 0.05) is 22.8 Å². The van der Waals surface area contributed by atoms with Gasteiger partial charge in [-0.2, -0.15) is 4.98 Å². The summed E-state index contributed by atoms with van der Waals surface area (Å²) in [4.78, 5) is 8.89. The van der Waals surface area contributed by atoms with E-state index in [0.29, 0.717) is 29.1 Å². The Bertz CT molecular complexity index is 866. The molecule has 0 aliphatic heterocycles. The van der Waals surface area contributed by atoms with E-state index in [-0.39, 0.29) is 0 Å². The normalized spacial score (nSPS) is 10.6. The predicted molar refractivity (Wildman–Crippen MR) is 98.8 cm³/mol. The van der Waals surface area contributed by atoms with Crippen molar-refractivity contribution in [2.75, 3.05) is 17.7 Å². The molecule has 2 N–H and O–H groups in total. The number of nitrogens with one attached hydrogen (secondary N) is 2. The quantitative estimate of drug-likeness (QED) is 0.665. The minimum Gasteiger partial charge on any atom is -0.495 e. The second-order valence-electron chi connectivity index (χ2n) is 5.58. The maximum absolute atomic E-state index is 6.16. The standard InChI is InChI=1S/C18H19ClN4O2/c1-11-7-15(16(24-3)9-14(11)19)22-17-8-12(2)21-18(23-17)20-10-13-5-4-6-25-13/h4-9H,10H2,1-3H3,(H2,20,21,22,23). The molecule has 1 aromatic carbocycles. The highest BCUT2D eigenvalue weighted by Gasteiger charge is 2.10. The van der Waals surface area contributed by atoms with Crippen LogP contribution in [0.4, 0.5) is 17.5 Å². The van der Waals surface area contributed by atoms with Gasteiger partial charge in [0.2, 0.25) is 5.95 Å². The first-order valence-electron chi connectivity index (χ1n) is 7.78. The zero-order chi connectivity index (χ0) is 17.8. The minimum absolute atomic E-state index is 0.513. The molecule has 25 heavy (non-hydrogen) atoms. The number of furan rings is 1. The SMILES string of the molecule is COc1cc(Cl)c(C)cc1Nc1cc(C)nc(NCc2ccco2)n1. The van der Waals surface area contributed by atoms with E-state index >= 15 is 0 Å². The molecule has 7 heteroatoms. The molecule has 0 bridgehead atoms. The highest BCUT2D eigenvalue weighted by Crippen LogP contribution is 2.32. The lowest BCUT2D eigenvalue weighted by Crippen LogP contribution is -2.06. The number of ether oxygens (including phenoxy) is 1. The molecule has 0 saturated heterocycles. The third kappa shape index (κ3) is 4.22. The third-order valence-corrected chi connectivity index (χ3v) is 4.01. The highest BCUT2D eigenvalue weighted by molar-refractivity contribution is 6.31. The van der Waals surface area contributed by atoms with Crippen molar-refractivity contribution in [2.45, 2.75) is 20.4 Å². The number of methoxy groups -OCH3 is 1. The van der Waals surface area contributed by atoms with Crippen LogP contribution in [0.1, 0.15) is 17.0 Å². The molecule has 3 rings (SSSR count). The summed E-state index contributed by atoms with van der Waals surface area (Å²) in [5.74, 6) is 2.64. The van der Waals surface area contributed by atoms with Crippen molar-refractivity contribution in [1.29, 1.82) is 0 Å². The van der Waals surface area contributed by atoms with Crippen LogP contribution in [-0.2, 0) is 6.54 Å². The molecule has 6 nitrogen and oxygen atoms in total. The lowest BCUT2D eigenvalue weighted by atomic mass is 10.2. The van der Waals surface area contributed by atoms with E-state index in [2.05, 4.69) is 20.6 Å². The van der Waals surface area contributed by atoms with Crippen molar-refractivity contribution in [3.8, 4) is 5.75 Å². The van der Waals surface area contributed by atoms with Gasteiger partial charge in [-0.15, -0.1) is 0 Å². The Morgan fingerprint density at radius 1 is 1.20 bits per heavy atom. The molecular formula is C18H19ClN4O2. The van der Waals surface area contributed by atoms with Crippen LogP contribution in [0.3, 0.4) is 0 Å². The smallest absolute Gasteiger partial charge is 0.225 e. The first-order chi connectivity index (χ1) is 12.0. The van der Waals surface area contributed by atoms with Crippen molar-refractivity contribution >= 4 is 29.1 Å². The van der Waals surface area contributed by atoms with E-state index in [9.17, 15) is 0 Å². The number of hydrogen-bond acceptors (Lipinski definition) is 6. The number of aryl methyl sites for hydroxylation is 2. The van der Waals surface area contributed by atoms with E-state index in [1.807, 2.05) is 38.1 Å². The van der Waals surface area contributed by atoms with Crippen molar-refractivity contribution < 1.29 is 9.15 Å². The van der Waals surface area contributed by atoms with Gasteiger partial charge >= 0.3 is 0 Å². The topological polar surface area (TPSA) is 72.2 Å².